The third-order valence-corrected chi connectivity index (χ3v) is 3.78. The van der Waals surface area contributed by atoms with Crippen LogP contribution >= 0.6 is 0 Å². The van der Waals surface area contributed by atoms with Gasteiger partial charge in [0.1, 0.15) is 0 Å². The van der Waals surface area contributed by atoms with Crippen molar-refractivity contribution in [1.82, 2.24) is 20.2 Å². The SMILES string of the molecule is CCN1Cc2nc(N3CCNCC3)nc(C)c2C1=O. The second-order valence-electron chi connectivity index (χ2n) is 4.99. The van der Waals surface area contributed by atoms with Gasteiger partial charge in [-0.15, -0.1) is 0 Å². The summed E-state index contributed by atoms with van der Waals surface area (Å²) in [5, 5.41) is 3.32. The Morgan fingerprint density at radius 1 is 1.26 bits per heavy atom. The van der Waals surface area contributed by atoms with Crippen molar-refractivity contribution in [2.45, 2.75) is 20.4 Å². The predicted molar refractivity (Wildman–Crippen MR) is 72.3 cm³/mol. The molecule has 1 aromatic rings. The van der Waals surface area contributed by atoms with Crippen molar-refractivity contribution in [1.29, 1.82) is 0 Å². The molecule has 1 N–H and O–H groups in total. The van der Waals surface area contributed by atoms with Crippen LogP contribution in [0.3, 0.4) is 0 Å². The highest BCUT2D eigenvalue weighted by molar-refractivity contribution is 5.98. The number of hydrogen-bond acceptors (Lipinski definition) is 5. The van der Waals surface area contributed by atoms with E-state index in [1.807, 2.05) is 18.7 Å². The van der Waals surface area contributed by atoms with E-state index < -0.39 is 0 Å². The lowest BCUT2D eigenvalue weighted by atomic mass is 10.2. The summed E-state index contributed by atoms with van der Waals surface area (Å²) in [7, 11) is 0. The summed E-state index contributed by atoms with van der Waals surface area (Å²) in [6, 6.07) is 0. The number of nitrogens with one attached hydrogen (secondary N) is 1. The quantitative estimate of drug-likeness (QED) is 0.822. The summed E-state index contributed by atoms with van der Waals surface area (Å²) in [5.41, 5.74) is 2.40. The topological polar surface area (TPSA) is 61.4 Å². The smallest absolute Gasteiger partial charge is 0.257 e. The molecule has 0 aliphatic carbocycles. The van der Waals surface area contributed by atoms with Gasteiger partial charge in [-0.3, -0.25) is 4.79 Å². The summed E-state index contributed by atoms with van der Waals surface area (Å²) in [4.78, 5) is 25.3. The molecule has 1 saturated heterocycles. The fourth-order valence-corrected chi connectivity index (χ4v) is 2.68. The minimum Gasteiger partial charge on any atom is -0.338 e. The number of piperazine rings is 1. The molecule has 2 aliphatic heterocycles. The van der Waals surface area contributed by atoms with Crippen LogP contribution < -0.4 is 10.2 Å². The second kappa shape index (κ2) is 4.77. The molecule has 3 heterocycles. The van der Waals surface area contributed by atoms with Gasteiger partial charge in [0.25, 0.3) is 5.91 Å². The first-order valence-corrected chi connectivity index (χ1v) is 6.83. The molecule has 1 amide bonds. The van der Waals surface area contributed by atoms with Crippen molar-refractivity contribution in [3.8, 4) is 0 Å². The first-order valence-electron chi connectivity index (χ1n) is 6.83. The van der Waals surface area contributed by atoms with E-state index >= 15 is 0 Å². The average molecular weight is 261 g/mol. The second-order valence-corrected chi connectivity index (χ2v) is 4.99. The third-order valence-electron chi connectivity index (χ3n) is 3.78. The van der Waals surface area contributed by atoms with Crippen LogP contribution in [-0.2, 0) is 6.54 Å². The van der Waals surface area contributed by atoms with E-state index in [0.29, 0.717) is 12.1 Å². The Labute approximate surface area is 112 Å². The van der Waals surface area contributed by atoms with Crippen LogP contribution in [0.1, 0.15) is 28.7 Å². The van der Waals surface area contributed by atoms with Crippen molar-refractivity contribution in [2.24, 2.45) is 0 Å². The number of nitrogens with zero attached hydrogens (tertiary/aromatic N) is 4. The predicted octanol–water partition coefficient (Wildman–Crippen LogP) is 0.170. The van der Waals surface area contributed by atoms with Gasteiger partial charge in [-0.2, -0.15) is 0 Å². The van der Waals surface area contributed by atoms with Crippen LogP contribution in [0.2, 0.25) is 0 Å². The van der Waals surface area contributed by atoms with Crippen molar-refractivity contribution in [3.63, 3.8) is 0 Å². The Morgan fingerprint density at radius 2 is 2.00 bits per heavy atom. The molecule has 0 saturated carbocycles. The van der Waals surface area contributed by atoms with E-state index in [1.165, 1.54) is 0 Å². The Kier molecular flexibility index (Phi) is 3.10. The van der Waals surface area contributed by atoms with Crippen molar-refractivity contribution >= 4 is 11.9 Å². The molecule has 0 spiro atoms. The molecule has 6 heteroatoms. The maximum atomic E-state index is 12.2. The highest BCUT2D eigenvalue weighted by atomic mass is 16.2. The first-order chi connectivity index (χ1) is 9.20. The molecule has 2 aliphatic rings. The van der Waals surface area contributed by atoms with E-state index in [4.69, 9.17) is 0 Å². The zero-order chi connectivity index (χ0) is 13.4. The maximum Gasteiger partial charge on any atom is 0.257 e. The lowest BCUT2D eigenvalue weighted by Crippen LogP contribution is -2.44. The summed E-state index contributed by atoms with van der Waals surface area (Å²) in [5.74, 6) is 0.838. The van der Waals surface area contributed by atoms with E-state index in [-0.39, 0.29) is 5.91 Å². The van der Waals surface area contributed by atoms with E-state index in [2.05, 4.69) is 20.2 Å². The van der Waals surface area contributed by atoms with Gasteiger partial charge in [-0.1, -0.05) is 0 Å². The number of aromatic nitrogens is 2. The van der Waals surface area contributed by atoms with Crippen LogP contribution in [0.4, 0.5) is 5.95 Å². The number of hydrogen-bond donors (Lipinski definition) is 1. The van der Waals surface area contributed by atoms with Crippen LogP contribution in [0.15, 0.2) is 0 Å². The van der Waals surface area contributed by atoms with Gasteiger partial charge in [-0.05, 0) is 13.8 Å². The number of rotatable bonds is 2. The van der Waals surface area contributed by atoms with Crippen molar-refractivity contribution in [3.05, 3.63) is 17.0 Å². The first kappa shape index (κ1) is 12.3. The van der Waals surface area contributed by atoms with Gasteiger partial charge in [0, 0.05) is 32.7 Å². The van der Waals surface area contributed by atoms with E-state index in [1.54, 1.807) is 0 Å². The Balaban J connectivity index is 1.95. The molecule has 0 atom stereocenters. The molecule has 102 valence electrons. The third kappa shape index (κ3) is 2.06. The Bertz CT molecular complexity index is 510. The summed E-state index contributed by atoms with van der Waals surface area (Å²) in [6.07, 6.45) is 0. The zero-order valence-electron chi connectivity index (χ0n) is 11.4. The molecule has 0 bridgehead atoms. The zero-order valence-corrected chi connectivity index (χ0v) is 11.4. The minimum absolute atomic E-state index is 0.0712. The monoisotopic (exact) mass is 261 g/mol. The Hall–Kier alpha value is -1.69. The molecule has 6 nitrogen and oxygen atoms in total. The number of amides is 1. The van der Waals surface area contributed by atoms with E-state index in [9.17, 15) is 4.79 Å². The normalized spacial score (nSPS) is 18.9. The molecule has 3 rings (SSSR count). The van der Waals surface area contributed by atoms with Gasteiger partial charge in [-0.25, -0.2) is 9.97 Å². The minimum atomic E-state index is 0.0712. The van der Waals surface area contributed by atoms with Gasteiger partial charge in [0.15, 0.2) is 0 Å². The number of carbonyl (C=O) groups is 1. The average Bonchev–Trinajstić information content (AvgIpc) is 2.76. The molecule has 0 aromatic carbocycles. The standard InChI is InChI=1S/C13H19N5O/c1-3-17-8-10-11(12(17)19)9(2)15-13(16-10)18-6-4-14-5-7-18/h14H,3-8H2,1-2H3. The van der Waals surface area contributed by atoms with Crippen LogP contribution in [0, 0.1) is 6.92 Å². The van der Waals surface area contributed by atoms with E-state index in [0.717, 1.165) is 50.1 Å². The number of fused-ring (bicyclic) bond motifs is 1. The molecule has 1 aromatic heterocycles. The fourth-order valence-electron chi connectivity index (χ4n) is 2.68. The van der Waals surface area contributed by atoms with Crippen molar-refractivity contribution < 1.29 is 4.79 Å². The van der Waals surface area contributed by atoms with Crippen molar-refractivity contribution in [2.75, 3.05) is 37.6 Å². The maximum absolute atomic E-state index is 12.2. The fraction of sp³-hybridized carbons (Fsp3) is 0.615. The molecular formula is C13H19N5O. The van der Waals surface area contributed by atoms with Gasteiger partial charge < -0.3 is 15.1 Å². The van der Waals surface area contributed by atoms with Crippen LogP contribution in [0.5, 0.6) is 0 Å². The van der Waals surface area contributed by atoms with Gasteiger partial charge in [0.2, 0.25) is 5.95 Å². The molecule has 0 unspecified atom stereocenters. The summed E-state index contributed by atoms with van der Waals surface area (Å²) >= 11 is 0. The number of aryl methyl sites for hydroxylation is 1. The highest BCUT2D eigenvalue weighted by Gasteiger charge is 2.31. The van der Waals surface area contributed by atoms with Gasteiger partial charge in [0.05, 0.1) is 23.5 Å². The Morgan fingerprint density at radius 3 is 2.68 bits per heavy atom. The number of anilines is 1. The van der Waals surface area contributed by atoms with Crippen LogP contribution in [-0.4, -0.2) is 53.5 Å². The lowest BCUT2D eigenvalue weighted by Gasteiger charge is -2.27. The lowest BCUT2D eigenvalue weighted by molar-refractivity contribution is 0.0786. The van der Waals surface area contributed by atoms with Gasteiger partial charge >= 0.3 is 0 Å². The molecular weight excluding hydrogens is 242 g/mol. The summed E-state index contributed by atoms with van der Waals surface area (Å²) in [6.45, 7) is 8.99. The van der Waals surface area contributed by atoms with Crippen LogP contribution in [0.25, 0.3) is 0 Å². The molecule has 0 radical (unpaired) electrons. The number of carbonyl (C=O) groups excluding carboxylic acids is 1. The summed E-state index contributed by atoms with van der Waals surface area (Å²) < 4.78 is 0. The highest BCUT2D eigenvalue weighted by Crippen LogP contribution is 2.25. The molecule has 1 fully saturated rings. The molecule has 19 heavy (non-hydrogen) atoms. The largest absolute Gasteiger partial charge is 0.338 e.